The van der Waals surface area contributed by atoms with E-state index in [0.717, 1.165) is 71.0 Å². The van der Waals surface area contributed by atoms with E-state index in [2.05, 4.69) is 33.1 Å². The Morgan fingerprint density at radius 1 is 0.971 bits per heavy atom. The second-order valence-corrected chi connectivity index (χ2v) is 9.15. The Kier molecular flexibility index (Phi) is 8.00. The van der Waals surface area contributed by atoms with Crippen molar-refractivity contribution >= 4 is 0 Å². The van der Waals surface area contributed by atoms with Gasteiger partial charge in [-0.05, 0) is 43.0 Å². The lowest BCUT2D eigenvalue weighted by molar-refractivity contribution is -0.274. The number of ether oxygens (including phenoxy) is 3. The zero-order chi connectivity index (χ0) is 24.1. The first kappa shape index (κ1) is 24.8. The topological polar surface area (TPSA) is 52.0 Å². The number of benzene rings is 1. The fourth-order valence-electron chi connectivity index (χ4n) is 4.48. The zero-order valence-corrected chi connectivity index (χ0v) is 19.8. The van der Waals surface area contributed by atoms with E-state index in [4.69, 9.17) is 14.6 Å². The van der Waals surface area contributed by atoms with Crippen molar-refractivity contribution in [2.24, 2.45) is 0 Å². The largest absolute Gasteiger partial charge is 0.573 e. The van der Waals surface area contributed by atoms with Gasteiger partial charge < -0.3 is 19.1 Å². The van der Waals surface area contributed by atoms with Gasteiger partial charge in [-0.3, -0.25) is 9.58 Å². The van der Waals surface area contributed by atoms with Gasteiger partial charge in [-0.2, -0.15) is 0 Å². The molecule has 0 amide bonds. The molecule has 0 radical (unpaired) electrons. The number of aromatic nitrogens is 2. The van der Waals surface area contributed by atoms with Crippen LogP contribution in [0.1, 0.15) is 44.3 Å². The van der Waals surface area contributed by atoms with Crippen LogP contribution in [0.5, 0.6) is 17.4 Å². The lowest BCUT2D eigenvalue weighted by Gasteiger charge is -2.35. The lowest BCUT2D eigenvalue weighted by atomic mass is 10.0. The Morgan fingerprint density at radius 3 is 2.15 bits per heavy atom. The Morgan fingerprint density at radius 2 is 1.56 bits per heavy atom. The summed E-state index contributed by atoms with van der Waals surface area (Å²) in [6.07, 6.45) is -2.67. The monoisotopic (exact) mass is 482 g/mol. The quantitative estimate of drug-likeness (QED) is 0.545. The normalized spacial score (nSPS) is 19.0. The number of hydrogen-bond acceptors (Lipinski definition) is 6. The van der Waals surface area contributed by atoms with Crippen LogP contribution in [0.4, 0.5) is 13.2 Å². The average Bonchev–Trinajstić information content (AvgIpc) is 3.23. The third kappa shape index (κ3) is 6.86. The van der Waals surface area contributed by atoms with E-state index < -0.39 is 6.36 Å². The van der Waals surface area contributed by atoms with Crippen LogP contribution in [-0.4, -0.2) is 78.4 Å². The molecule has 0 unspecified atom stereocenters. The Hall–Kier alpha value is -2.30. The fourth-order valence-corrected chi connectivity index (χ4v) is 4.48. The highest BCUT2D eigenvalue weighted by Crippen LogP contribution is 2.32. The van der Waals surface area contributed by atoms with Gasteiger partial charge in [0.05, 0.1) is 19.3 Å². The van der Waals surface area contributed by atoms with E-state index in [1.807, 2.05) is 6.07 Å². The molecule has 0 saturated carbocycles. The van der Waals surface area contributed by atoms with Crippen LogP contribution in [0.25, 0.3) is 0 Å². The summed E-state index contributed by atoms with van der Waals surface area (Å²) < 4.78 is 54.4. The molecule has 0 atom stereocenters. The number of halogens is 3. The first-order valence-corrected chi connectivity index (χ1v) is 11.9. The Labute approximate surface area is 198 Å². The molecule has 0 spiro atoms. The van der Waals surface area contributed by atoms with Crippen LogP contribution < -0.4 is 9.47 Å². The molecule has 2 aliphatic rings. The van der Waals surface area contributed by atoms with Crippen molar-refractivity contribution in [1.29, 1.82) is 0 Å². The number of morpholine rings is 1. The molecule has 1 aromatic carbocycles. The van der Waals surface area contributed by atoms with Crippen LogP contribution in [-0.2, 0) is 4.74 Å². The zero-order valence-electron chi connectivity index (χ0n) is 19.8. The highest BCUT2D eigenvalue weighted by atomic mass is 19.4. The third-order valence-corrected chi connectivity index (χ3v) is 6.35. The third-order valence-electron chi connectivity index (χ3n) is 6.35. The van der Waals surface area contributed by atoms with Crippen molar-refractivity contribution in [1.82, 2.24) is 19.6 Å². The molecule has 1 aromatic heterocycles. The molecule has 34 heavy (non-hydrogen) atoms. The molecule has 4 rings (SSSR count). The van der Waals surface area contributed by atoms with Gasteiger partial charge in [0.1, 0.15) is 11.5 Å². The van der Waals surface area contributed by atoms with Crippen molar-refractivity contribution in [3.8, 4) is 17.4 Å². The highest BCUT2D eigenvalue weighted by molar-refractivity contribution is 5.34. The van der Waals surface area contributed by atoms with E-state index in [1.165, 1.54) is 24.3 Å². The van der Waals surface area contributed by atoms with E-state index in [-0.39, 0.29) is 11.7 Å². The summed E-state index contributed by atoms with van der Waals surface area (Å²) >= 11 is 0. The van der Waals surface area contributed by atoms with Crippen LogP contribution in [0.3, 0.4) is 0 Å². The van der Waals surface area contributed by atoms with Crippen molar-refractivity contribution in [2.75, 3.05) is 52.5 Å². The molecular weight excluding hydrogens is 449 g/mol. The summed E-state index contributed by atoms with van der Waals surface area (Å²) in [6.45, 7) is 12.2. The maximum Gasteiger partial charge on any atom is 0.573 e. The van der Waals surface area contributed by atoms with Gasteiger partial charge in [0.2, 0.25) is 5.88 Å². The van der Waals surface area contributed by atoms with Crippen LogP contribution >= 0.6 is 0 Å². The summed E-state index contributed by atoms with van der Waals surface area (Å²) in [5.74, 6) is 0.843. The van der Waals surface area contributed by atoms with Gasteiger partial charge in [-0.25, -0.2) is 0 Å². The molecule has 7 nitrogen and oxygen atoms in total. The number of alkyl halides is 3. The Balaban J connectivity index is 1.34. The van der Waals surface area contributed by atoms with Crippen molar-refractivity contribution in [3.63, 3.8) is 0 Å². The summed E-state index contributed by atoms with van der Waals surface area (Å²) in [6, 6.07) is 7.59. The van der Waals surface area contributed by atoms with E-state index in [0.29, 0.717) is 17.7 Å². The molecule has 0 aliphatic carbocycles. The number of likely N-dealkylation sites (tertiary alicyclic amines) is 1. The van der Waals surface area contributed by atoms with Gasteiger partial charge in [-0.1, -0.05) is 13.8 Å². The van der Waals surface area contributed by atoms with Crippen LogP contribution in [0.15, 0.2) is 30.3 Å². The predicted octanol–water partition coefficient (Wildman–Crippen LogP) is 4.67. The molecule has 2 saturated heterocycles. The molecule has 3 heterocycles. The average molecular weight is 483 g/mol. The molecule has 0 N–H and O–H groups in total. The Bertz CT molecular complexity index is 903. The van der Waals surface area contributed by atoms with Gasteiger partial charge in [0.15, 0.2) is 0 Å². The van der Waals surface area contributed by atoms with E-state index in [1.54, 1.807) is 0 Å². The SMILES string of the molecule is CC(C)c1cc(Oc2ccc(OC(F)(F)F)cc2)nn1C1CCN(CCN2CCOCC2)CC1. The molecule has 10 heteroatoms. The standard InChI is InChI=1S/C24H33F3N4O3/c1-18(2)22-17-23(33-20-3-5-21(6-4-20)34-24(25,26)27)28-31(22)19-7-9-29(10-8-19)11-12-30-13-15-32-16-14-30/h3-6,17-19H,7-16H2,1-2H3. The minimum Gasteiger partial charge on any atom is -0.438 e. The first-order valence-electron chi connectivity index (χ1n) is 11.9. The molecule has 188 valence electrons. The van der Waals surface area contributed by atoms with Gasteiger partial charge >= 0.3 is 6.36 Å². The molecule has 2 fully saturated rings. The maximum atomic E-state index is 12.4. The number of hydrogen-bond donors (Lipinski definition) is 0. The minimum absolute atomic E-state index is 0.270. The van der Waals surface area contributed by atoms with E-state index in [9.17, 15) is 13.2 Å². The fraction of sp³-hybridized carbons (Fsp3) is 0.625. The lowest BCUT2D eigenvalue weighted by Crippen LogP contribution is -2.43. The predicted molar refractivity (Wildman–Crippen MR) is 121 cm³/mol. The van der Waals surface area contributed by atoms with Gasteiger partial charge in [0, 0.05) is 51.0 Å². The van der Waals surface area contributed by atoms with Crippen molar-refractivity contribution < 1.29 is 27.4 Å². The van der Waals surface area contributed by atoms with Gasteiger partial charge in [-0.15, -0.1) is 18.3 Å². The maximum absolute atomic E-state index is 12.4. The smallest absolute Gasteiger partial charge is 0.438 e. The first-order chi connectivity index (χ1) is 16.3. The van der Waals surface area contributed by atoms with Crippen LogP contribution in [0.2, 0.25) is 0 Å². The molecule has 2 aromatic rings. The second-order valence-electron chi connectivity index (χ2n) is 9.15. The van der Waals surface area contributed by atoms with E-state index >= 15 is 0 Å². The number of nitrogens with zero attached hydrogens (tertiary/aromatic N) is 4. The highest BCUT2D eigenvalue weighted by Gasteiger charge is 2.31. The molecule has 0 bridgehead atoms. The number of rotatable bonds is 8. The second kappa shape index (κ2) is 11.0. The summed E-state index contributed by atoms with van der Waals surface area (Å²) in [7, 11) is 0. The molecule has 2 aliphatic heterocycles. The van der Waals surface area contributed by atoms with Gasteiger partial charge in [0.25, 0.3) is 0 Å². The van der Waals surface area contributed by atoms with Crippen LogP contribution in [0, 0.1) is 0 Å². The molecular formula is C24H33F3N4O3. The van der Waals surface area contributed by atoms with Crippen molar-refractivity contribution in [2.45, 2.75) is 45.0 Å². The summed E-state index contributed by atoms with van der Waals surface area (Å²) in [5, 5.41) is 4.72. The summed E-state index contributed by atoms with van der Waals surface area (Å²) in [4.78, 5) is 4.98. The van der Waals surface area contributed by atoms with Crippen molar-refractivity contribution in [3.05, 3.63) is 36.0 Å². The minimum atomic E-state index is -4.72. The summed E-state index contributed by atoms with van der Waals surface area (Å²) in [5.41, 5.74) is 1.10. The number of piperidine rings is 1.